The van der Waals surface area contributed by atoms with Crippen molar-refractivity contribution in [3.8, 4) is 0 Å². The molecule has 17 heavy (non-hydrogen) atoms. The van der Waals surface area contributed by atoms with Crippen LogP contribution < -0.4 is 10.6 Å². The van der Waals surface area contributed by atoms with E-state index in [-0.39, 0.29) is 5.91 Å². The SMILES string of the molecule is Cc1cc(NC(=O)C2(C)CCCCN2)ccn1. The van der Waals surface area contributed by atoms with Crippen molar-refractivity contribution < 1.29 is 4.79 Å². The lowest BCUT2D eigenvalue weighted by Gasteiger charge is -2.33. The quantitative estimate of drug-likeness (QED) is 0.819. The van der Waals surface area contributed by atoms with Crippen molar-refractivity contribution in [2.24, 2.45) is 0 Å². The second-order valence-electron chi connectivity index (χ2n) is 4.86. The Morgan fingerprint density at radius 1 is 1.53 bits per heavy atom. The topological polar surface area (TPSA) is 54.0 Å². The van der Waals surface area contributed by atoms with Crippen LogP contribution in [-0.2, 0) is 4.79 Å². The Kier molecular flexibility index (Phi) is 3.43. The molecule has 92 valence electrons. The number of carbonyl (C=O) groups is 1. The van der Waals surface area contributed by atoms with Gasteiger partial charge in [0.25, 0.3) is 0 Å². The average Bonchev–Trinajstić information content (AvgIpc) is 2.30. The van der Waals surface area contributed by atoms with Gasteiger partial charge in [-0.25, -0.2) is 0 Å². The number of pyridine rings is 1. The van der Waals surface area contributed by atoms with Crippen LogP contribution in [-0.4, -0.2) is 23.0 Å². The fraction of sp³-hybridized carbons (Fsp3) is 0.538. The lowest BCUT2D eigenvalue weighted by molar-refractivity contribution is -0.122. The number of hydrogen-bond donors (Lipinski definition) is 2. The van der Waals surface area contributed by atoms with E-state index in [1.54, 1.807) is 6.20 Å². The van der Waals surface area contributed by atoms with Gasteiger partial charge in [0.1, 0.15) is 0 Å². The van der Waals surface area contributed by atoms with Crippen LogP contribution in [0.3, 0.4) is 0 Å². The lowest BCUT2D eigenvalue weighted by atomic mass is 9.90. The molecule has 1 atom stereocenters. The van der Waals surface area contributed by atoms with Gasteiger partial charge in [0.15, 0.2) is 0 Å². The molecule has 0 aliphatic carbocycles. The number of aromatic nitrogens is 1. The standard InChI is InChI=1S/C13H19N3O/c1-10-9-11(5-8-14-10)16-12(17)13(2)6-3-4-7-15-13/h5,8-9,15H,3-4,6-7H2,1-2H3,(H,14,16,17). The van der Waals surface area contributed by atoms with Crippen LogP contribution in [0.5, 0.6) is 0 Å². The third kappa shape index (κ3) is 2.82. The van der Waals surface area contributed by atoms with Crippen LogP contribution in [0, 0.1) is 6.92 Å². The van der Waals surface area contributed by atoms with E-state index in [1.165, 1.54) is 0 Å². The largest absolute Gasteiger partial charge is 0.324 e. The lowest BCUT2D eigenvalue weighted by Crippen LogP contribution is -2.54. The van der Waals surface area contributed by atoms with Gasteiger partial charge < -0.3 is 10.6 Å². The predicted molar refractivity (Wildman–Crippen MR) is 67.9 cm³/mol. The van der Waals surface area contributed by atoms with E-state index in [9.17, 15) is 4.79 Å². The van der Waals surface area contributed by atoms with Gasteiger partial charge in [0.05, 0.1) is 5.54 Å². The summed E-state index contributed by atoms with van der Waals surface area (Å²) in [6.07, 6.45) is 4.86. The molecule has 1 aromatic heterocycles. The van der Waals surface area contributed by atoms with Gasteiger partial charge in [-0.1, -0.05) is 0 Å². The van der Waals surface area contributed by atoms with Gasteiger partial charge >= 0.3 is 0 Å². The monoisotopic (exact) mass is 233 g/mol. The van der Waals surface area contributed by atoms with E-state index in [1.807, 2.05) is 26.0 Å². The molecule has 0 aromatic carbocycles. The van der Waals surface area contributed by atoms with Gasteiger partial charge in [0, 0.05) is 17.6 Å². The molecule has 4 nitrogen and oxygen atoms in total. The maximum absolute atomic E-state index is 12.2. The van der Waals surface area contributed by atoms with Crippen LogP contribution in [0.15, 0.2) is 18.3 Å². The number of nitrogens with one attached hydrogen (secondary N) is 2. The third-order valence-electron chi connectivity index (χ3n) is 3.27. The Morgan fingerprint density at radius 3 is 3.00 bits per heavy atom. The Labute approximate surface area is 102 Å². The van der Waals surface area contributed by atoms with Crippen molar-refractivity contribution in [3.05, 3.63) is 24.0 Å². The zero-order chi connectivity index (χ0) is 12.3. The van der Waals surface area contributed by atoms with E-state index in [0.29, 0.717) is 0 Å². The molecular formula is C13H19N3O. The van der Waals surface area contributed by atoms with Crippen LogP contribution >= 0.6 is 0 Å². The minimum Gasteiger partial charge on any atom is -0.324 e. The van der Waals surface area contributed by atoms with Crippen molar-refractivity contribution in [2.75, 3.05) is 11.9 Å². The van der Waals surface area contributed by atoms with E-state index in [0.717, 1.165) is 37.2 Å². The van der Waals surface area contributed by atoms with E-state index in [4.69, 9.17) is 0 Å². The average molecular weight is 233 g/mol. The Balaban J connectivity index is 2.05. The summed E-state index contributed by atoms with van der Waals surface area (Å²) >= 11 is 0. The van der Waals surface area contributed by atoms with Crippen molar-refractivity contribution in [2.45, 2.75) is 38.6 Å². The minimum absolute atomic E-state index is 0.0443. The summed E-state index contributed by atoms with van der Waals surface area (Å²) in [5.41, 5.74) is 1.29. The van der Waals surface area contributed by atoms with E-state index in [2.05, 4.69) is 15.6 Å². The van der Waals surface area contributed by atoms with Crippen molar-refractivity contribution in [1.82, 2.24) is 10.3 Å². The molecule has 0 saturated carbocycles. The van der Waals surface area contributed by atoms with Crippen molar-refractivity contribution in [3.63, 3.8) is 0 Å². The summed E-state index contributed by atoms with van der Waals surface area (Å²) < 4.78 is 0. The highest BCUT2D eigenvalue weighted by Gasteiger charge is 2.34. The number of anilines is 1. The highest BCUT2D eigenvalue weighted by molar-refractivity contribution is 5.97. The number of rotatable bonds is 2. The fourth-order valence-corrected chi connectivity index (χ4v) is 2.14. The fourth-order valence-electron chi connectivity index (χ4n) is 2.14. The smallest absolute Gasteiger partial charge is 0.244 e. The summed E-state index contributed by atoms with van der Waals surface area (Å²) in [5, 5.41) is 6.25. The molecule has 1 aliphatic rings. The molecule has 1 unspecified atom stereocenters. The van der Waals surface area contributed by atoms with Crippen LogP contribution in [0.2, 0.25) is 0 Å². The summed E-state index contributed by atoms with van der Waals surface area (Å²) in [7, 11) is 0. The molecule has 0 spiro atoms. The molecule has 1 amide bonds. The predicted octanol–water partition coefficient (Wildman–Crippen LogP) is 1.86. The van der Waals surface area contributed by atoms with Gasteiger partial charge in [-0.3, -0.25) is 9.78 Å². The number of aryl methyl sites for hydroxylation is 1. The Hall–Kier alpha value is -1.42. The maximum Gasteiger partial charge on any atom is 0.244 e. The normalized spacial score (nSPS) is 24.4. The minimum atomic E-state index is -0.435. The first-order valence-electron chi connectivity index (χ1n) is 6.09. The zero-order valence-corrected chi connectivity index (χ0v) is 10.4. The maximum atomic E-state index is 12.2. The van der Waals surface area contributed by atoms with E-state index < -0.39 is 5.54 Å². The Morgan fingerprint density at radius 2 is 2.35 bits per heavy atom. The number of hydrogen-bond acceptors (Lipinski definition) is 3. The van der Waals surface area contributed by atoms with Crippen LogP contribution in [0.25, 0.3) is 0 Å². The molecule has 0 bridgehead atoms. The van der Waals surface area contributed by atoms with Gasteiger partial charge in [-0.2, -0.15) is 0 Å². The van der Waals surface area contributed by atoms with Gasteiger partial charge in [-0.15, -0.1) is 0 Å². The van der Waals surface area contributed by atoms with Crippen molar-refractivity contribution in [1.29, 1.82) is 0 Å². The third-order valence-corrected chi connectivity index (χ3v) is 3.27. The van der Waals surface area contributed by atoms with Crippen molar-refractivity contribution >= 4 is 11.6 Å². The second kappa shape index (κ2) is 4.84. The first-order chi connectivity index (χ1) is 8.10. The molecule has 2 N–H and O–H groups in total. The molecule has 1 aromatic rings. The number of carbonyl (C=O) groups excluding carboxylic acids is 1. The first kappa shape index (κ1) is 12.0. The van der Waals surface area contributed by atoms with Crippen LogP contribution in [0.4, 0.5) is 5.69 Å². The van der Waals surface area contributed by atoms with Crippen LogP contribution in [0.1, 0.15) is 31.9 Å². The van der Waals surface area contributed by atoms with E-state index >= 15 is 0 Å². The van der Waals surface area contributed by atoms with Gasteiger partial charge in [-0.05, 0) is 51.8 Å². The molecule has 1 fully saturated rings. The first-order valence-corrected chi connectivity index (χ1v) is 6.09. The summed E-state index contributed by atoms with van der Waals surface area (Å²) in [4.78, 5) is 16.3. The highest BCUT2D eigenvalue weighted by atomic mass is 16.2. The summed E-state index contributed by atoms with van der Waals surface area (Å²) in [6.45, 7) is 4.80. The molecule has 1 saturated heterocycles. The summed E-state index contributed by atoms with van der Waals surface area (Å²) in [5.74, 6) is 0.0443. The number of amides is 1. The molecule has 0 radical (unpaired) electrons. The highest BCUT2D eigenvalue weighted by Crippen LogP contribution is 2.20. The summed E-state index contributed by atoms with van der Waals surface area (Å²) in [6, 6.07) is 3.70. The van der Waals surface area contributed by atoms with Gasteiger partial charge in [0.2, 0.25) is 5.91 Å². The second-order valence-corrected chi connectivity index (χ2v) is 4.86. The number of nitrogens with zero attached hydrogens (tertiary/aromatic N) is 1. The zero-order valence-electron chi connectivity index (χ0n) is 10.4. The Bertz CT molecular complexity index is 411. The molecule has 2 rings (SSSR count). The number of piperidine rings is 1. The molecule has 1 aliphatic heterocycles. The molecular weight excluding hydrogens is 214 g/mol. The molecule has 4 heteroatoms. The molecule has 2 heterocycles.